The van der Waals surface area contributed by atoms with Crippen molar-refractivity contribution in [3.63, 3.8) is 0 Å². The lowest BCUT2D eigenvalue weighted by Crippen LogP contribution is -2.64. The van der Waals surface area contributed by atoms with Crippen LogP contribution in [0.15, 0.2) is 36.5 Å². The normalized spacial score (nSPS) is 18.9. The molecule has 0 aliphatic carbocycles. The summed E-state index contributed by atoms with van der Waals surface area (Å²) in [5.41, 5.74) is 5.36. The molecule has 1 saturated heterocycles. The van der Waals surface area contributed by atoms with Crippen LogP contribution >= 0.6 is 11.3 Å². The van der Waals surface area contributed by atoms with Crippen LogP contribution in [0.3, 0.4) is 0 Å². The lowest BCUT2D eigenvalue weighted by atomic mass is 9.91. The highest BCUT2D eigenvalue weighted by atomic mass is 32.1. The summed E-state index contributed by atoms with van der Waals surface area (Å²) in [6.07, 6.45) is 1.51. The van der Waals surface area contributed by atoms with E-state index in [2.05, 4.69) is 10.3 Å². The number of ether oxygens (including phenoxy) is 3. The van der Waals surface area contributed by atoms with E-state index in [-0.39, 0.29) is 32.0 Å². The third-order valence-corrected chi connectivity index (χ3v) is 6.95. The summed E-state index contributed by atoms with van der Waals surface area (Å²) in [5, 5.41) is 3.34. The highest BCUT2D eigenvalue weighted by molar-refractivity contribution is 7.13. The van der Waals surface area contributed by atoms with Gasteiger partial charge in [-0.15, -0.1) is 11.3 Å². The number of nitrogens with two attached hydrogens (primary N) is 1. The molecule has 0 saturated carbocycles. The van der Waals surface area contributed by atoms with E-state index in [1.165, 1.54) is 31.8 Å². The molecule has 4 atom stereocenters. The van der Waals surface area contributed by atoms with Gasteiger partial charge in [0.2, 0.25) is 11.8 Å². The molecule has 1 fully saturated rings. The minimum absolute atomic E-state index is 0.0968. The number of thiazole rings is 1. The molecule has 1 aliphatic heterocycles. The van der Waals surface area contributed by atoms with Crippen molar-refractivity contribution in [2.24, 2.45) is 5.73 Å². The molecule has 3 N–H and O–H groups in total. The van der Waals surface area contributed by atoms with Crippen molar-refractivity contribution < 1.29 is 33.4 Å². The number of hydrogen-bond donors (Lipinski definition) is 2. The fraction of sp³-hybridized carbons (Fsp3) is 0.480. The Hall–Kier alpha value is -3.19. The van der Waals surface area contributed by atoms with Crippen molar-refractivity contribution in [3.8, 4) is 0 Å². The smallest absolute Gasteiger partial charge is 0.263 e. The van der Waals surface area contributed by atoms with Crippen molar-refractivity contribution in [2.75, 3.05) is 34.0 Å². The summed E-state index contributed by atoms with van der Waals surface area (Å²) >= 11 is 1.17. The Morgan fingerprint density at radius 2 is 1.81 bits per heavy atom. The van der Waals surface area contributed by atoms with Crippen LogP contribution < -0.4 is 11.1 Å². The molecule has 11 nitrogen and oxygen atoms in total. The van der Waals surface area contributed by atoms with E-state index in [4.69, 9.17) is 19.9 Å². The van der Waals surface area contributed by atoms with Gasteiger partial charge in [0.25, 0.3) is 5.91 Å². The van der Waals surface area contributed by atoms with Crippen LogP contribution in [-0.2, 0) is 35.0 Å². The Labute approximate surface area is 219 Å². The fourth-order valence-electron chi connectivity index (χ4n) is 3.96. The Balaban J connectivity index is 2.03. The standard InChI is InChI=1S/C25H32N4O7S/c1-15-27-11-20(37-15)23(32)28-17(12-34-3)24(33)29(19(13-35-4)22(26)31)18(21(30)25(2)14-36-25)10-16-8-6-5-7-9-16/h5-9,11,17-19H,10,12-14H2,1-4H3,(H2,26,31)(H,28,32)/t17-,18-,19-,25+/m0/s1. The lowest BCUT2D eigenvalue weighted by Gasteiger charge is -2.38. The molecule has 0 spiro atoms. The first-order valence-electron chi connectivity index (χ1n) is 11.7. The van der Waals surface area contributed by atoms with E-state index in [0.29, 0.717) is 9.88 Å². The van der Waals surface area contributed by atoms with Gasteiger partial charge in [-0.05, 0) is 19.4 Å². The first-order valence-corrected chi connectivity index (χ1v) is 12.5. The second-order valence-electron chi connectivity index (χ2n) is 8.93. The zero-order chi connectivity index (χ0) is 27.2. The molecule has 0 unspecified atom stereocenters. The van der Waals surface area contributed by atoms with Crippen LogP contribution in [0.1, 0.15) is 27.2 Å². The number of rotatable bonds is 14. The maximum absolute atomic E-state index is 14.1. The maximum Gasteiger partial charge on any atom is 0.263 e. The topological polar surface area (TPSA) is 153 Å². The molecule has 2 aromatic rings. The molecule has 2 heterocycles. The monoisotopic (exact) mass is 532 g/mol. The zero-order valence-electron chi connectivity index (χ0n) is 21.3. The fourth-order valence-corrected chi connectivity index (χ4v) is 4.64. The van der Waals surface area contributed by atoms with Crippen LogP contribution in [-0.4, -0.2) is 91.2 Å². The van der Waals surface area contributed by atoms with Crippen molar-refractivity contribution in [2.45, 2.75) is 44.0 Å². The average molecular weight is 533 g/mol. The van der Waals surface area contributed by atoms with Gasteiger partial charge >= 0.3 is 0 Å². The van der Waals surface area contributed by atoms with E-state index < -0.39 is 41.4 Å². The van der Waals surface area contributed by atoms with Crippen LogP contribution in [0.4, 0.5) is 0 Å². The number of ketones is 1. The van der Waals surface area contributed by atoms with Crippen molar-refractivity contribution >= 4 is 34.8 Å². The zero-order valence-corrected chi connectivity index (χ0v) is 22.1. The number of benzene rings is 1. The molecule has 0 radical (unpaired) electrons. The number of nitrogens with zero attached hydrogens (tertiary/aromatic N) is 2. The van der Waals surface area contributed by atoms with E-state index in [1.807, 2.05) is 30.3 Å². The molecule has 1 aromatic carbocycles. The number of hydrogen-bond acceptors (Lipinski definition) is 9. The summed E-state index contributed by atoms with van der Waals surface area (Å²) in [5.74, 6) is -2.49. The minimum Gasteiger partial charge on any atom is -0.382 e. The molecular weight excluding hydrogens is 500 g/mol. The van der Waals surface area contributed by atoms with Gasteiger partial charge in [-0.3, -0.25) is 19.2 Å². The first kappa shape index (κ1) is 28.4. The Morgan fingerprint density at radius 3 is 2.32 bits per heavy atom. The largest absolute Gasteiger partial charge is 0.382 e. The second-order valence-corrected chi connectivity index (χ2v) is 10.2. The number of aromatic nitrogens is 1. The summed E-state index contributed by atoms with van der Waals surface area (Å²) in [6.45, 7) is 3.11. The predicted molar refractivity (Wildman–Crippen MR) is 135 cm³/mol. The maximum atomic E-state index is 14.1. The van der Waals surface area contributed by atoms with Crippen molar-refractivity contribution in [1.82, 2.24) is 15.2 Å². The molecule has 3 rings (SSSR count). The van der Waals surface area contributed by atoms with Crippen LogP contribution in [0, 0.1) is 6.92 Å². The van der Waals surface area contributed by atoms with Crippen LogP contribution in [0.2, 0.25) is 0 Å². The average Bonchev–Trinajstić information content (AvgIpc) is 3.48. The molecule has 0 bridgehead atoms. The lowest BCUT2D eigenvalue weighted by molar-refractivity contribution is -0.151. The number of nitrogens with one attached hydrogen (secondary N) is 1. The number of primary amides is 1. The van der Waals surface area contributed by atoms with E-state index in [1.54, 1.807) is 13.8 Å². The third kappa shape index (κ3) is 6.98. The van der Waals surface area contributed by atoms with E-state index >= 15 is 0 Å². The number of carbonyl (C=O) groups is 4. The molecular formula is C25H32N4O7S. The highest BCUT2D eigenvalue weighted by Gasteiger charge is 2.53. The minimum atomic E-state index is -1.29. The van der Waals surface area contributed by atoms with Crippen LogP contribution in [0.5, 0.6) is 0 Å². The molecule has 200 valence electrons. The first-order chi connectivity index (χ1) is 17.6. The number of methoxy groups -OCH3 is 2. The quantitative estimate of drug-likeness (QED) is 0.334. The Kier molecular flexibility index (Phi) is 9.49. The van der Waals surface area contributed by atoms with Crippen molar-refractivity contribution in [3.05, 3.63) is 52.0 Å². The molecule has 1 aromatic heterocycles. The van der Waals surface area contributed by atoms with Gasteiger partial charge in [0.05, 0.1) is 37.1 Å². The van der Waals surface area contributed by atoms with E-state index in [0.717, 1.165) is 10.5 Å². The summed E-state index contributed by atoms with van der Waals surface area (Å²) in [4.78, 5) is 58.7. The van der Waals surface area contributed by atoms with Gasteiger partial charge in [-0.2, -0.15) is 0 Å². The summed E-state index contributed by atoms with van der Waals surface area (Å²) in [7, 11) is 2.73. The molecule has 37 heavy (non-hydrogen) atoms. The van der Waals surface area contributed by atoms with E-state index in [9.17, 15) is 19.2 Å². The van der Waals surface area contributed by atoms with Gasteiger partial charge in [-0.25, -0.2) is 4.98 Å². The number of Topliss-reactive ketones (excluding diaryl/α,β-unsaturated/α-hetero) is 1. The van der Waals surface area contributed by atoms with Gasteiger partial charge in [0.1, 0.15) is 22.6 Å². The third-order valence-electron chi connectivity index (χ3n) is 6.03. The number of carbonyl (C=O) groups excluding carboxylic acids is 4. The van der Waals surface area contributed by atoms with Gasteiger partial charge in [0.15, 0.2) is 5.78 Å². The molecule has 12 heteroatoms. The van der Waals surface area contributed by atoms with Crippen LogP contribution in [0.25, 0.3) is 0 Å². The Morgan fingerprint density at radius 1 is 1.16 bits per heavy atom. The number of epoxide rings is 1. The SMILES string of the molecule is COC[C@H](NC(=O)c1cnc(C)s1)C(=O)N([C@@H](COC)C(N)=O)[C@@H](Cc1ccccc1)C(=O)[C@@]1(C)CO1. The number of aryl methyl sites for hydroxylation is 1. The van der Waals surface area contributed by atoms with Crippen molar-refractivity contribution in [1.29, 1.82) is 0 Å². The summed E-state index contributed by atoms with van der Waals surface area (Å²) in [6, 6.07) is 5.43. The molecule has 1 aliphatic rings. The van der Waals surface area contributed by atoms with Gasteiger partial charge in [-0.1, -0.05) is 30.3 Å². The number of amides is 3. The van der Waals surface area contributed by atoms with Gasteiger partial charge < -0.3 is 30.2 Å². The highest BCUT2D eigenvalue weighted by Crippen LogP contribution is 2.32. The second kappa shape index (κ2) is 12.4. The summed E-state index contributed by atoms with van der Waals surface area (Å²) < 4.78 is 15.8. The predicted octanol–water partition coefficient (Wildman–Crippen LogP) is 0.495. The Bertz CT molecular complexity index is 1120. The molecule has 3 amide bonds. The van der Waals surface area contributed by atoms with Gasteiger partial charge in [0, 0.05) is 20.6 Å².